The van der Waals surface area contributed by atoms with Crippen LogP contribution in [0.1, 0.15) is 18.4 Å². The molecule has 0 saturated carbocycles. The standard InChI is InChI=1S/C13H16F3NO/c1-17-8-6-10(7-9-17)18-12-5-3-2-4-11(12)13(14,15)16/h2-5,10H,6-9H2,1H3. The first kappa shape index (κ1) is 13.2. The second-order valence-electron chi connectivity index (χ2n) is 4.61. The van der Waals surface area contributed by atoms with Gasteiger partial charge in [-0.3, -0.25) is 0 Å². The van der Waals surface area contributed by atoms with E-state index < -0.39 is 11.7 Å². The lowest BCUT2D eigenvalue weighted by Crippen LogP contribution is -2.35. The first-order valence-corrected chi connectivity index (χ1v) is 5.98. The lowest BCUT2D eigenvalue weighted by molar-refractivity contribution is -0.139. The smallest absolute Gasteiger partial charge is 0.419 e. The van der Waals surface area contributed by atoms with E-state index >= 15 is 0 Å². The van der Waals surface area contributed by atoms with Crippen LogP contribution >= 0.6 is 0 Å². The minimum Gasteiger partial charge on any atom is -0.490 e. The van der Waals surface area contributed by atoms with Crippen molar-refractivity contribution < 1.29 is 17.9 Å². The summed E-state index contributed by atoms with van der Waals surface area (Å²) < 4.78 is 43.8. The molecule has 0 aromatic heterocycles. The summed E-state index contributed by atoms with van der Waals surface area (Å²) in [5.74, 6) is -0.0560. The van der Waals surface area contributed by atoms with E-state index in [1.807, 2.05) is 7.05 Å². The number of ether oxygens (including phenoxy) is 1. The molecule has 5 heteroatoms. The van der Waals surface area contributed by atoms with Gasteiger partial charge in [0.05, 0.1) is 5.56 Å². The van der Waals surface area contributed by atoms with Crippen LogP contribution in [0.3, 0.4) is 0 Å². The fourth-order valence-corrected chi connectivity index (χ4v) is 2.09. The van der Waals surface area contributed by atoms with Crippen molar-refractivity contribution in [3.63, 3.8) is 0 Å². The van der Waals surface area contributed by atoms with Crippen LogP contribution in [0.2, 0.25) is 0 Å². The Morgan fingerprint density at radius 3 is 2.39 bits per heavy atom. The van der Waals surface area contributed by atoms with Gasteiger partial charge in [-0.2, -0.15) is 13.2 Å². The molecule has 1 aliphatic heterocycles. The van der Waals surface area contributed by atoms with Crippen molar-refractivity contribution >= 4 is 0 Å². The molecule has 1 aromatic carbocycles. The van der Waals surface area contributed by atoms with Crippen molar-refractivity contribution in [2.24, 2.45) is 0 Å². The first-order chi connectivity index (χ1) is 8.47. The van der Waals surface area contributed by atoms with E-state index in [4.69, 9.17) is 4.74 Å². The Bertz CT molecular complexity index is 397. The Kier molecular flexibility index (Phi) is 3.80. The topological polar surface area (TPSA) is 12.5 Å². The van der Waals surface area contributed by atoms with Gasteiger partial charge in [0.2, 0.25) is 0 Å². The van der Waals surface area contributed by atoms with Gasteiger partial charge in [0.1, 0.15) is 11.9 Å². The average Bonchev–Trinajstić information content (AvgIpc) is 2.31. The van der Waals surface area contributed by atoms with Gasteiger partial charge in [-0.15, -0.1) is 0 Å². The number of rotatable bonds is 2. The molecule has 1 saturated heterocycles. The molecule has 0 atom stereocenters. The van der Waals surface area contributed by atoms with Crippen LogP contribution in [0.15, 0.2) is 24.3 Å². The van der Waals surface area contributed by atoms with E-state index in [0.29, 0.717) is 0 Å². The van der Waals surface area contributed by atoms with Gasteiger partial charge in [0, 0.05) is 13.1 Å². The third-order valence-electron chi connectivity index (χ3n) is 3.15. The molecule has 1 heterocycles. The monoisotopic (exact) mass is 259 g/mol. The zero-order chi connectivity index (χ0) is 13.2. The fourth-order valence-electron chi connectivity index (χ4n) is 2.09. The first-order valence-electron chi connectivity index (χ1n) is 5.98. The number of halogens is 3. The predicted octanol–water partition coefficient (Wildman–Crippen LogP) is 3.18. The second kappa shape index (κ2) is 5.18. The summed E-state index contributed by atoms with van der Waals surface area (Å²) in [5, 5.41) is 0. The third-order valence-corrected chi connectivity index (χ3v) is 3.15. The number of hydrogen-bond donors (Lipinski definition) is 0. The highest BCUT2D eigenvalue weighted by Crippen LogP contribution is 2.36. The number of piperidine rings is 1. The van der Waals surface area contributed by atoms with Crippen LogP contribution < -0.4 is 4.74 Å². The molecule has 0 spiro atoms. The highest BCUT2D eigenvalue weighted by atomic mass is 19.4. The zero-order valence-corrected chi connectivity index (χ0v) is 10.2. The SMILES string of the molecule is CN1CCC(Oc2ccccc2C(F)(F)F)CC1. The van der Waals surface area contributed by atoms with Crippen LogP contribution in [0.5, 0.6) is 5.75 Å². The van der Waals surface area contributed by atoms with Crippen molar-refractivity contribution in [3.05, 3.63) is 29.8 Å². The van der Waals surface area contributed by atoms with E-state index in [1.165, 1.54) is 12.1 Å². The van der Waals surface area contributed by atoms with E-state index in [9.17, 15) is 13.2 Å². The van der Waals surface area contributed by atoms with Gasteiger partial charge < -0.3 is 9.64 Å². The summed E-state index contributed by atoms with van der Waals surface area (Å²) in [4.78, 5) is 2.15. The maximum atomic E-state index is 12.8. The van der Waals surface area contributed by atoms with Crippen molar-refractivity contribution in [3.8, 4) is 5.75 Å². The van der Waals surface area contributed by atoms with Gasteiger partial charge >= 0.3 is 6.18 Å². The van der Waals surface area contributed by atoms with Gasteiger partial charge in [0.15, 0.2) is 0 Å². The van der Waals surface area contributed by atoms with Crippen molar-refractivity contribution in [1.29, 1.82) is 0 Å². The lowest BCUT2D eigenvalue weighted by Gasteiger charge is -2.30. The van der Waals surface area contributed by atoms with Crippen molar-refractivity contribution in [2.45, 2.75) is 25.1 Å². The van der Waals surface area contributed by atoms with Gasteiger partial charge in [-0.05, 0) is 32.0 Å². The van der Waals surface area contributed by atoms with E-state index in [1.54, 1.807) is 6.07 Å². The summed E-state index contributed by atoms with van der Waals surface area (Å²) in [6, 6.07) is 5.40. The molecule has 0 amide bonds. The van der Waals surface area contributed by atoms with Crippen LogP contribution in [0.25, 0.3) is 0 Å². The number of hydrogen-bond acceptors (Lipinski definition) is 2. The van der Waals surface area contributed by atoms with Crippen molar-refractivity contribution in [1.82, 2.24) is 4.90 Å². The average molecular weight is 259 g/mol. The Morgan fingerprint density at radius 1 is 1.17 bits per heavy atom. The highest BCUT2D eigenvalue weighted by molar-refractivity contribution is 5.35. The lowest BCUT2D eigenvalue weighted by atomic mass is 10.1. The molecule has 100 valence electrons. The largest absolute Gasteiger partial charge is 0.490 e. The molecule has 0 N–H and O–H groups in total. The molecular weight excluding hydrogens is 243 g/mol. The molecule has 0 bridgehead atoms. The maximum absolute atomic E-state index is 12.8. The van der Waals surface area contributed by atoms with Crippen LogP contribution in [0.4, 0.5) is 13.2 Å². The number of nitrogens with zero attached hydrogens (tertiary/aromatic N) is 1. The summed E-state index contributed by atoms with van der Waals surface area (Å²) in [5.41, 5.74) is -0.691. The summed E-state index contributed by atoms with van der Waals surface area (Å²) >= 11 is 0. The van der Waals surface area contributed by atoms with Crippen molar-refractivity contribution in [2.75, 3.05) is 20.1 Å². The highest BCUT2D eigenvalue weighted by Gasteiger charge is 2.34. The number of alkyl halides is 3. The molecule has 0 unspecified atom stereocenters. The third kappa shape index (κ3) is 3.16. The molecule has 1 aliphatic rings. The van der Waals surface area contributed by atoms with Gasteiger partial charge in [-0.25, -0.2) is 0 Å². The van der Waals surface area contributed by atoms with Gasteiger partial charge in [-0.1, -0.05) is 12.1 Å². The minimum absolute atomic E-state index is 0.0560. The van der Waals surface area contributed by atoms with E-state index in [-0.39, 0.29) is 11.9 Å². The molecule has 2 rings (SSSR count). The minimum atomic E-state index is -4.36. The van der Waals surface area contributed by atoms with Crippen LogP contribution in [-0.4, -0.2) is 31.1 Å². The molecule has 1 fully saturated rings. The van der Waals surface area contributed by atoms with Crippen LogP contribution in [0, 0.1) is 0 Å². The van der Waals surface area contributed by atoms with E-state index in [0.717, 1.165) is 32.0 Å². The summed E-state index contributed by atoms with van der Waals surface area (Å²) in [7, 11) is 2.00. The Morgan fingerprint density at radius 2 is 1.78 bits per heavy atom. The maximum Gasteiger partial charge on any atom is 0.419 e. The second-order valence-corrected chi connectivity index (χ2v) is 4.61. The summed E-state index contributed by atoms with van der Waals surface area (Å²) in [6.45, 7) is 1.72. The quantitative estimate of drug-likeness (QED) is 0.808. The number of para-hydroxylation sites is 1. The van der Waals surface area contributed by atoms with Gasteiger partial charge in [0.25, 0.3) is 0 Å². The molecule has 1 aromatic rings. The molecule has 2 nitrogen and oxygen atoms in total. The summed E-state index contributed by atoms with van der Waals surface area (Å²) in [6.07, 6.45) is -2.95. The van der Waals surface area contributed by atoms with E-state index in [2.05, 4.69) is 4.90 Å². The normalized spacial score (nSPS) is 18.9. The number of benzene rings is 1. The molecule has 18 heavy (non-hydrogen) atoms. The predicted molar refractivity (Wildman–Crippen MR) is 62.6 cm³/mol. The molecule has 0 radical (unpaired) electrons. The Hall–Kier alpha value is -1.23. The Labute approximate surface area is 104 Å². The van der Waals surface area contributed by atoms with Crippen LogP contribution in [-0.2, 0) is 6.18 Å². The molecule has 0 aliphatic carbocycles. The Balaban J connectivity index is 2.10. The molecular formula is C13H16F3NO. The zero-order valence-electron chi connectivity index (χ0n) is 10.2. The number of likely N-dealkylation sites (tertiary alicyclic amines) is 1. The fraction of sp³-hybridized carbons (Fsp3) is 0.538.